The van der Waals surface area contributed by atoms with Crippen LogP contribution < -0.4 is 5.56 Å². The Hall–Kier alpha value is -4.28. The molecule has 6 aromatic rings. The fourth-order valence-electron chi connectivity index (χ4n) is 6.15. The number of aryl methyl sites for hydroxylation is 1. The van der Waals surface area contributed by atoms with Gasteiger partial charge in [-0.15, -0.1) is 5.10 Å². The lowest BCUT2D eigenvalue weighted by molar-refractivity contribution is 0.447. The summed E-state index contributed by atoms with van der Waals surface area (Å²) in [7, 11) is 0. The molecule has 5 heterocycles. The van der Waals surface area contributed by atoms with Crippen LogP contribution in [0, 0.1) is 11.9 Å². The standard InChI is InChI=1S/C29H20Cl2FN7O2/c1-2-20-16-5-3-13(8-23(16)41-36-20)26-28(32)34-29(33-26)27-19-11-18(19)22-7-14(9-25(40)39(22)27)17-10-15(30)4-6-21(17)38-12-24(31)35-37-38/h3-10,12,18-19,27H,2,11H2,1H3,(H,33,34). The monoisotopic (exact) mass is 587 g/mol. The molecule has 3 atom stereocenters. The number of nitrogens with zero attached hydrogens (tertiary/aromatic N) is 6. The summed E-state index contributed by atoms with van der Waals surface area (Å²) < 4.78 is 24.0. The van der Waals surface area contributed by atoms with Gasteiger partial charge in [0.05, 0.1) is 23.6 Å². The van der Waals surface area contributed by atoms with Crippen molar-refractivity contribution in [2.24, 2.45) is 5.92 Å². The van der Waals surface area contributed by atoms with Gasteiger partial charge < -0.3 is 14.1 Å². The van der Waals surface area contributed by atoms with Crippen molar-refractivity contribution in [1.29, 1.82) is 0 Å². The molecular formula is C29H20Cl2FN7O2. The van der Waals surface area contributed by atoms with Crippen molar-refractivity contribution in [3.8, 4) is 28.1 Å². The van der Waals surface area contributed by atoms with Gasteiger partial charge in [0, 0.05) is 39.2 Å². The third kappa shape index (κ3) is 3.78. The number of H-pyrrole nitrogens is 1. The Morgan fingerprint density at radius 2 is 2.00 bits per heavy atom. The van der Waals surface area contributed by atoms with Gasteiger partial charge in [0.2, 0.25) is 5.95 Å². The summed E-state index contributed by atoms with van der Waals surface area (Å²) in [6.07, 6.45) is 3.21. The van der Waals surface area contributed by atoms with E-state index in [1.54, 1.807) is 39.7 Å². The Bertz CT molecular complexity index is 2080. The second-order valence-electron chi connectivity index (χ2n) is 10.5. The summed E-state index contributed by atoms with van der Waals surface area (Å²) in [6.45, 7) is 2.00. The van der Waals surface area contributed by atoms with Crippen molar-refractivity contribution in [2.75, 3.05) is 0 Å². The van der Waals surface area contributed by atoms with Crippen molar-refractivity contribution < 1.29 is 8.91 Å². The lowest BCUT2D eigenvalue weighted by Crippen LogP contribution is -2.26. The molecule has 204 valence electrons. The SMILES string of the molecule is CCc1noc2cc(-c3nc(C4C5CC5c5cc(-c6cc(Cl)ccc6-n6cc(Cl)nn6)cc(=O)n54)[nH]c3F)ccc12. The van der Waals surface area contributed by atoms with E-state index in [-0.39, 0.29) is 28.2 Å². The molecular weight excluding hydrogens is 568 g/mol. The number of imidazole rings is 1. The lowest BCUT2D eigenvalue weighted by Gasteiger charge is -2.17. The molecule has 1 saturated carbocycles. The van der Waals surface area contributed by atoms with Crippen LogP contribution in [0.4, 0.5) is 4.39 Å². The predicted octanol–water partition coefficient (Wildman–Crippen LogP) is 6.34. The van der Waals surface area contributed by atoms with Gasteiger partial charge in [-0.2, -0.15) is 4.39 Å². The van der Waals surface area contributed by atoms with E-state index in [2.05, 4.69) is 25.4 Å². The first kappa shape index (κ1) is 24.5. The molecule has 9 nitrogen and oxygen atoms in total. The van der Waals surface area contributed by atoms with Crippen molar-refractivity contribution in [3.05, 3.63) is 98.4 Å². The third-order valence-electron chi connectivity index (χ3n) is 8.10. The molecule has 4 aromatic heterocycles. The molecule has 2 aromatic carbocycles. The van der Waals surface area contributed by atoms with Crippen molar-refractivity contribution in [1.82, 2.24) is 34.7 Å². The topological polar surface area (TPSA) is 107 Å². The molecule has 0 amide bonds. The number of pyridine rings is 1. The largest absolute Gasteiger partial charge is 0.356 e. The van der Waals surface area contributed by atoms with Crippen LogP contribution in [0.3, 0.4) is 0 Å². The third-order valence-corrected chi connectivity index (χ3v) is 8.50. The summed E-state index contributed by atoms with van der Waals surface area (Å²) in [6, 6.07) is 14.0. The Kier molecular flexibility index (Phi) is 5.30. The minimum atomic E-state index is -0.556. The molecule has 0 saturated heterocycles. The van der Waals surface area contributed by atoms with Gasteiger partial charge in [0.15, 0.2) is 10.7 Å². The van der Waals surface area contributed by atoms with E-state index in [4.69, 9.17) is 27.7 Å². The highest BCUT2D eigenvalue weighted by molar-refractivity contribution is 6.31. The molecule has 41 heavy (non-hydrogen) atoms. The molecule has 8 rings (SSSR count). The first-order chi connectivity index (χ1) is 19.9. The molecule has 3 unspecified atom stereocenters. The molecule has 1 fully saturated rings. The van der Waals surface area contributed by atoms with E-state index in [0.717, 1.165) is 35.2 Å². The molecule has 12 heteroatoms. The number of halogens is 3. The molecule has 1 aliphatic carbocycles. The lowest BCUT2D eigenvalue weighted by atomic mass is 10.0. The molecule has 1 aliphatic heterocycles. The van der Waals surface area contributed by atoms with Gasteiger partial charge in [-0.05, 0) is 60.7 Å². The summed E-state index contributed by atoms with van der Waals surface area (Å²) in [5, 5.41) is 13.7. The zero-order valence-electron chi connectivity index (χ0n) is 21.5. The second kappa shape index (κ2) is 8.86. The number of aromatic nitrogens is 7. The van der Waals surface area contributed by atoms with Crippen molar-refractivity contribution in [2.45, 2.75) is 31.7 Å². The smallest absolute Gasteiger partial charge is 0.252 e. The van der Waals surface area contributed by atoms with Crippen LogP contribution >= 0.6 is 23.2 Å². The Morgan fingerprint density at radius 3 is 2.80 bits per heavy atom. The molecule has 1 N–H and O–H groups in total. The van der Waals surface area contributed by atoms with E-state index in [0.29, 0.717) is 33.2 Å². The number of rotatable bonds is 5. The first-order valence-electron chi connectivity index (χ1n) is 13.2. The summed E-state index contributed by atoms with van der Waals surface area (Å²) in [4.78, 5) is 21.1. The van der Waals surface area contributed by atoms with Gasteiger partial charge in [-0.3, -0.25) is 4.79 Å². The Labute approximate surface area is 241 Å². The summed E-state index contributed by atoms with van der Waals surface area (Å²) in [5.41, 5.74) is 4.99. The Morgan fingerprint density at radius 1 is 1.12 bits per heavy atom. The number of hydrogen-bond acceptors (Lipinski definition) is 6. The Balaban J connectivity index is 1.20. The van der Waals surface area contributed by atoms with E-state index in [1.807, 2.05) is 31.2 Å². The van der Waals surface area contributed by atoms with Gasteiger partial charge in [-0.1, -0.05) is 46.6 Å². The number of hydrogen-bond donors (Lipinski definition) is 1. The van der Waals surface area contributed by atoms with Gasteiger partial charge in [0.25, 0.3) is 5.56 Å². The van der Waals surface area contributed by atoms with Crippen molar-refractivity contribution in [3.63, 3.8) is 0 Å². The average molecular weight is 588 g/mol. The second-order valence-corrected chi connectivity index (χ2v) is 11.3. The van der Waals surface area contributed by atoms with Crippen LogP contribution in [0.1, 0.15) is 42.5 Å². The number of aromatic amines is 1. The van der Waals surface area contributed by atoms with Gasteiger partial charge >= 0.3 is 0 Å². The first-order valence-corrected chi connectivity index (χ1v) is 13.9. The molecule has 0 spiro atoms. The van der Waals surface area contributed by atoms with E-state index >= 15 is 4.39 Å². The normalized spacial score (nSPS) is 19.1. The maximum atomic E-state index is 15.3. The number of nitrogens with one attached hydrogen (secondary N) is 1. The van der Waals surface area contributed by atoms with Crippen LogP contribution in [-0.2, 0) is 6.42 Å². The predicted molar refractivity (Wildman–Crippen MR) is 151 cm³/mol. The maximum absolute atomic E-state index is 15.3. The fourth-order valence-corrected chi connectivity index (χ4v) is 6.45. The molecule has 2 aliphatic rings. The van der Waals surface area contributed by atoms with Crippen LogP contribution in [0.2, 0.25) is 10.2 Å². The average Bonchev–Trinajstić information content (AvgIpc) is 3.27. The van der Waals surface area contributed by atoms with Crippen LogP contribution in [-0.4, -0.2) is 34.7 Å². The molecule has 0 bridgehead atoms. The van der Waals surface area contributed by atoms with Crippen LogP contribution in [0.15, 0.2) is 64.0 Å². The number of fused-ring (bicyclic) bond motifs is 4. The van der Waals surface area contributed by atoms with E-state index < -0.39 is 12.0 Å². The highest BCUT2D eigenvalue weighted by Gasteiger charge is 2.54. The van der Waals surface area contributed by atoms with Gasteiger partial charge in [0.1, 0.15) is 11.5 Å². The van der Waals surface area contributed by atoms with Crippen LogP contribution in [0.25, 0.3) is 39.0 Å². The zero-order chi connectivity index (χ0) is 28.0. The quantitative estimate of drug-likeness (QED) is 0.252. The van der Waals surface area contributed by atoms with Crippen LogP contribution in [0.5, 0.6) is 0 Å². The fraction of sp³-hybridized carbons (Fsp3) is 0.207. The highest BCUT2D eigenvalue weighted by Crippen LogP contribution is 2.60. The molecule has 0 radical (unpaired) electrons. The minimum Gasteiger partial charge on any atom is -0.356 e. The summed E-state index contributed by atoms with van der Waals surface area (Å²) in [5.74, 6) is 0.185. The van der Waals surface area contributed by atoms with Gasteiger partial charge in [-0.25, -0.2) is 9.67 Å². The number of benzene rings is 2. The van der Waals surface area contributed by atoms with Crippen molar-refractivity contribution >= 4 is 34.2 Å². The minimum absolute atomic E-state index is 0.146. The highest BCUT2D eigenvalue weighted by atomic mass is 35.5. The maximum Gasteiger partial charge on any atom is 0.252 e. The summed E-state index contributed by atoms with van der Waals surface area (Å²) >= 11 is 12.4. The van der Waals surface area contributed by atoms with E-state index in [1.165, 1.54) is 0 Å². The van der Waals surface area contributed by atoms with E-state index in [9.17, 15) is 4.79 Å². The zero-order valence-corrected chi connectivity index (χ0v) is 23.0.